The van der Waals surface area contributed by atoms with Gasteiger partial charge in [0.2, 0.25) is 5.91 Å². The van der Waals surface area contributed by atoms with Crippen LogP contribution in [0.1, 0.15) is 57.4 Å². The van der Waals surface area contributed by atoms with Crippen molar-refractivity contribution < 1.29 is 9.59 Å². The highest BCUT2D eigenvalue weighted by Gasteiger charge is 2.51. The number of carbonyl (C=O) groups is 2. The lowest BCUT2D eigenvalue weighted by molar-refractivity contribution is -0.116. The summed E-state index contributed by atoms with van der Waals surface area (Å²) in [5, 5.41) is 9.04. The van der Waals surface area contributed by atoms with Crippen molar-refractivity contribution in [1.82, 2.24) is 10.6 Å². The van der Waals surface area contributed by atoms with Crippen LogP contribution in [-0.2, 0) is 11.2 Å². The van der Waals surface area contributed by atoms with Crippen LogP contribution in [-0.4, -0.2) is 24.0 Å². The molecule has 3 N–H and O–H groups in total. The molecule has 0 spiro atoms. The number of amides is 3. The SMILES string of the molecule is CCc1ccc(NC(=O)CCNC(=O)NC23CC4CC(CC(C4)C2)C3)cc1. The molecule has 4 bridgehead atoms. The first-order chi connectivity index (χ1) is 13.0. The summed E-state index contributed by atoms with van der Waals surface area (Å²) in [6.45, 7) is 2.46. The first kappa shape index (κ1) is 18.3. The molecule has 4 aliphatic rings. The van der Waals surface area contributed by atoms with Crippen molar-refractivity contribution in [1.29, 1.82) is 0 Å². The van der Waals surface area contributed by atoms with Crippen LogP contribution in [0.4, 0.5) is 10.5 Å². The molecular formula is C22H31N3O2. The largest absolute Gasteiger partial charge is 0.338 e. The van der Waals surface area contributed by atoms with E-state index in [1.807, 2.05) is 24.3 Å². The summed E-state index contributed by atoms with van der Waals surface area (Å²) < 4.78 is 0. The quantitative estimate of drug-likeness (QED) is 0.713. The van der Waals surface area contributed by atoms with Gasteiger partial charge in [0.05, 0.1) is 0 Å². The zero-order valence-corrected chi connectivity index (χ0v) is 16.2. The fourth-order valence-electron chi connectivity index (χ4n) is 5.89. The molecule has 0 aromatic heterocycles. The summed E-state index contributed by atoms with van der Waals surface area (Å²) in [6.07, 6.45) is 8.77. The fraction of sp³-hybridized carbons (Fsp3) is 0.636. The smallest absolute Gasteiger partial charge is 0.315 e. The van der Waals surface area contributed by atoms with E-state index in [1.54, 1.807) is 0 Å². The number of rotatable bonds is 6. The summed E-state index contributed by atoms with van der Waals surface area (Å²) in [5.74, 6) is 2.35. The van der Waals surface area contributed by atoms with Crippen LogP contribution < -0.4 is 16.0 Å². The average Bonchev–Trinajstić information content (AvgIpc) is 2.60. The number of hydrogen-bond donors (Lipinski definition) is 3. The van der Waals surface area contributed by atoms with Gasteiger partial charge in [0.1, 0.15) is 0 Å². The van der Waals surface area contributed by atoms with Gasteiger partial charge in [-0.25, -0.2) is 4.79 Å². The molecule has 5 rings (SSSR count). The Morgan fingerprint density at radius 3 is 2.15 bits per heavy atom. The van der Waals surface area contributed by atoms with Crippen LogP contribution in [0.3, 0.4) is 0 Å². The van der Waals surface area contributed by atoms with Crippen molar-refractivity contribution in [3.05, 3.63) is 29.8 Å². The van der Waals surface area contributed by atoms with Crippen LogP contribution in [0.15, 0.2) is 24.3 Å². The zero-order valence-electron chi connectivity index (χ0n) is 16.2. The molecule has 3 amide bonds. The molecule has 1 aromatic rings. The van der Waals surface area contributed by atoms with E-state index in [4.69, 9.17) is 0 Å². The Morgan fingerprint density at radius 2 is 1.59 bits per heavy atom. The van der Waals surface area contributed by atoms with E-state index in [2.05, 4.69) is 22.9 Å². The Labute approximate surface area is 161 Å². The van der Waals surface area contributed by atoms with Gasteiger partial charge in [-0.05, 0) is 80.4 Å². The third kappa shape index (κ3) is 4.28. The number of urea groups is 1. The summed E-state index contributed by atoms with van der Waals surface area (Å²) in [6, 6.07) is 7.77. The van der Waals surface area contributed by atoms with E-state index in [0.29, 0.717) is 6.54 Å². The number of aryl methyl sites for hydroxylation is 1. The second kappa shape index (κ2) is 7.53. The van der Waals surface area contributed by atoms with Crippen molar-refractivity contribution in [2.75, 3.05) is 11.9 Å². The summed E-state index contributed by atoms with van der Waals surface area (Å²) in [4.78, 5) is 24.5. The highest BCUT2D eigenvalue weighted by atomic mass is 16.2. The molecule has 5 nitrogen and oxygen atoms in total. The molecule has 0 heterocycles. The molecule has 0 atom stereocenters. The monoisotopic (exact) mass is 369 g/mol. The minimum absolute atomic E-state index is 0.0160. The standard InChI is InChI=1S/C22H31N3O2/c1-2-15-3-5-19(6-4-15)24-20(26)7-8-23-21(27)25-22-12-16-9-17(13-22)11-18(10-16)14-22/h3-6,16-18H,2,7-14H2,1H3,(H,24,26)(H2,23,25,27). The molecule has 0 saturated heterocycles. The normalized spacial score (nSPS) is 30.8. The van der Waals surface area contributed by atoms with Crippen molar-refractivity contribution >= 4 is 17.6 Å². The number of nitrogens with one attached hydrogen (secondary N) is 3. The zero-order chi connectivity index (χ0) is 18.9. The van der Waals surface area contributed by atoms with E-state index < -0.39 is 0 Å². The Morgan fingerprint density at radius 1 is 1.00 bits per heavy atom. The van der Waals surface area contributed by atoms with Crippen molar-refractivity contribution in [2.24, 2.45) is 17.8 Å². The first-order valence-electron chi connectivity index (χ1n) is 10.5. The van der Waals surface area contributed by atoms with E-state index >= 15 is 0 Å². The average molecular weight is 370 g/mol. The van der Waals surface area contributed by atoms with Crippen LogP contribution in [0.25, 0.3) is 0 Å². The van der Waals surface area contributed by atoms with Gasteiger partial charge in [-0.3, -0.25) is 4.79 Å². The Kier molecular flexibility index (Phi) is 5.11. The predicted molar refractivity (Wildman–Crippen MR) is 107 cm³/mol. The lowest BCUT2D eigenvalue weighted by Gasteiger charge is -2.56. The molecule has 4 saturated carbocycles. The van der Waals surface area contributed by atoms with Gasteiger partial charge in [-0.2, -0.15) is 0 Å². The topological polar surface area (TPSA) is 70.2 Å². The molecular weight excluding hydrogens is 338 g/mol. The maximum atomic E-state index is 12.4. The first-order valence-corrected chi connectivity index (χ1v) is 10.5. The molecule has 0 unspecified atom stereocenters. The van der Waals surface area contributed by atoms with Gasteiger partial charge in [-0.15, -0.1) is 0 Å². The second-order valence-electron chi connectivity index (χ2n) is 8.93. The molecule has 0 aliphatic heterocycles. The summed E-state index contributed by atoms with van der Waals surface area (Å²) in [5.41, 5.74) is 2.06. The van der Waals surface area contributed by atoms with Gasteiger partial charge in [0, 0.05) is 24.2 Å². The van der Waals surface area contributed by atoms with E-state index in [1.165, 1.54) is 24.8 Å². The van der Waals surface area contributed by atoms with Gasteiger partial charge < -0.3 is 16.0 Å². The Balaban J connectivity index is 1.20. The van der Waals surface area contributed by atoms with Crippen molar-refractivity contribution in [3.63, 3.8) is 0 Å². The molecule has 4 fully saturated rings. The number of benzene rings is 1. The van der Waals surface area contributed by atoms with Crippen LogP contribution in [0, 0.1) is 17.8 Å². The van der Waals surface area contributed by atoms with Gasteiger partial charge in [0.25, 0.3) is 0 Å². The van der Waals surface area contributed by atoms with Crippen molar-refractivity contribution in [2.45, 2.75) is 63.8 Å². The fourth-order valence-corrected chi connectivity index (χ4v) is 5.89. The third-order valence-corrected chi connectivity index (χ3v) is 6.70. The summed E-state index contributed by atoms with van der Waals surface area (Å²) >= 11 is 0. The Bertz CT molecular complexity index is 663. The van der Waals surface area contributed by atoms with E-state index in [9.17, 15) is 9.59 Å². The summed E-state index contributed by atoms with van der Waals surface area (Å²) in [7, 11) is 0. The van der Waals surface area contributed by atoms with E-state index in [-0.39, 0.29) is 23.9 Å². The van der Waals surface area contributed by atoms with Crippen LogP contribution in [0.5, 0.6) is 0 Å². The van der Waals surface area contributed by atoms with E-state index in [0.717, 1.165) is 49.1 Å². The van der Waals surface area contributed by atoms with Gasteiger partial charge >= 0.3 is 6.03 Å². The maximum absolute atomic E-state index is 12.4. The van der Waals surface area contributed by atoms with Gasteiger partial charge in [-0.1, -0.05) is 19.1 Å². The van der Waals surface area contributed by atoms with Crippen LogP contribution >= 0.6 is 0 Å². The van der Waals surface area contributed by atoms with Crippen molar-refractivity contribution in [3.8, 4) is 0 Å². The molecule has 5 heteroatoms. The molecule has 27 heavy (non-hydrogen) atoms. The van der Waals surface area contributed by atoms with Crippen LogP contribution in [0.2, 0.25) is 0 Å². The van der Waals surface area contributed by atoms with Gasteiger partial charge in [0.15, 0.2) is 0 Å². The highest BCUT2D eigenvalue weighted by molar-refractivity contribution is 5.91. The number of carbonyl (C=O) groups excluding carboxylic acids is 2. The Hall–Kier alpha value is -2.04. The minimum atomic E-state index is -0.114. The maximum Gasteiger partial charge on any atom is 0.315 e. The molecule has 146 valence electrons. The number of anilines is 1. The predicted octanol–water partition coefficient (Wildman–Crippen LogP) is 3.85. The second-order valence-corrected chi connectivity index (χ2v) is 8.93. The lowest BCUT2D eigenvalue weighted by Crippen LogP contribution is -2.61. The highest BCUT2D eigenvalue weighted by Crippen LogP contribution is 2.55. The number of hydrogen-bond acceptors (Lipinski definition) is 2. The molecule has 0 radical (unpaired) electrons. The lowest BCUT2D eigenvalue weighted by atomic mass is 9.53. The molecule has 1 aromatic carbocycles. The molecule has 4 aliphatic carbocycles. The third-order valence-electron chi connectivity index (χ3n) is 6.70. The minimum Gasteiger partial charge on any atom is -0.338 e.